The number of rotatable bonds is 5. The van der Waals surface area contributed by atoms with E-state index >= 15 is 0 Å². The van der Waals surface area contributed by atoms with Crippen molar-refractivity contribution in [2.24, 2.45) is 0 Å². The van der Waals surface area contributed by atoms with E-state index in [-0.39, 0.29) is 44.4 Å². The third-order valence-electron chi connectivity index (χ3n) is 4.21. The average molecular weight is 591 g/mol. The summed E-state index contributed by atoms with van der Waals surface area (Å²) in [5, 5.41) is 8.10. The molecule has 0 aliphatic rings. The molecular weight excluding hydrogens is 575 g/mol. The summed E-state index contributed by atoms with van der Waals surface area (Å²) in [7, 11) is 1.30. The second-order valence-electron chi connectivity index (χ2n) is 6.53. The van der Waals surface area contributed by atoms with Gasteiger partial charge in [-0.1, -0.05) is 34.8 Å². The molecule has 0 saturated carbocycles. The molecule has 2 heterocycles. The molecule has 178 valence electrons. The number of carbonyl (C=O) groups excluding carboxylic acids is 3. The number of anilines is 1. The molecule has 0 fully saturated rings. The molecule has 0 atom stereocenters. The van der Waals surface area contributed by atoms with Gasteiger partial charge in [-0.25, -0.2) is 19.9 Å². The Hall–Kier alpha value is -2.86. The Kier molecular flexibility index (Phi) is 8.37. The molecule has 0 radical (unpaired) electrons. The molecule has 2 N–H and O–H groups in total. The van der Waals surface area contributed by atoms with Gasteiger partial charge < -0.3 is 10.1 Å². The Morgan fingerprint density at radius 2 is 1.91 bits per heavy atom. The van der Waals surface area contributed by atoms with Crippen LogP contribution >= 0.6 is 50.7 Å². The molecule has 0 aliphatic carbocycles. The number of amides is 3. The molecule has 0 aliphatic heterocycles. The molecule has 10 nitrogen and oxygen atoms in total. The predicted molar refractivity (Wildman–Crippen MR) is 131 cm³/mol. The number of benzene rings is 1. The zero-order valence-electron chi connectivity index (χ0n) is 17.6. The molecule has 0 spiro atoms. The van der Waals surface area contributed by atoms with Crippen molar-refractivity contribution in [2.75, 3.05) is 19.0 Å². The highest BCUT2D eigenvalue weighted by atomic mass is 79.9. The van der Waals surface area contributed by atoms with Crippen molar-refractivity contribution in [1.29, 1.82) is 0 Å². The Morgan fingerprint density at radius 3 is 2.59 bits per heavy atom. The predicted octanol–water partition coefficient (Wildman–Crippen LogP) is 4.98. The van der Waals surface area contributed by atoms with E-state index in [1.165, 1.54) is 36.1 Å². The minimum absolute atomic E-state index is 0.00488. The second kappa shape index (κ2) is 11.0. The largest absolute Gasteiger partial charge is 0.449 e. The first kappa shape index (κ1) is 25.8. The van der Waals surface area contributed by atoms with Gasteiger partial charge in [0.05, 0.1) is 27.9 Å². The Balaban J connectivity index is 1.97. The summed E-state index contributed by atoms with van der Waals surface area (Å²) >= 11 is 21.8. The second-order valence-corrected chi connectivity index (χ2v) is 8.60. The van der Waals surface area contributed by atoms with E-state index in [1.54, 1.807) is 19.1 Å². The fourth-order valence-electron chi connectivity index (χ4n) is 2.79. The van der Waals surface area contributed by atoms with Crippen LogP contribution in [0.5, 0.6) is 0 Å². The fourth-order valence-corrected chi connectivity index (χ4v) is 3.90. The average Bonchev–Trinajstić information content (AvgIpc) is 3.16. The molecule has 34 heavy (non-hydrogen) atoms. The Labute approximate surface area is 217 Å². The summed E-state index contributed by atoms with van der Waals surface area (Å²) in [4.78, 5) is 42.1. The number of hydrazine groups is 1. The van der Waals surface area contributed by atoms with Crippen LogP contribution in [0.15, 0.2) is 41.1 Å². The van der Waals surface area contributed by atoms with E-state index in [0.717, 1.165) is 5.01 Å². The molecule has 0 bridgehead atoms. The van der Waals surface area contributed by atoms with Gasteiger partial charge in [-0.15, -0.1) is 0 Å². The Morgan fingerprint density at radius 1 is 1.18 bits per heavy atom. The van der Waals surface area contributed by atoms with E-state index in [4.69, 9.17) is 39.5 Å². The van der Waals surface area contributed by atoms with E-state index in [0.29, 0.717) is 4.60 Å². The van der Waals surface area contributed by atoms with Crippen molar-refractivity contribution in [1.82, 2.24) is 25.2 Å². The van der Waals surface area contributed by atoms with Crippen molar-refractivity contribution in [3.63, 3.8) is 0 Å². The van der Waals surface area contributed by atoms with Gasteiger partial charge in [-0.2, -0.15) is 5.10 Å². The first-order valence-corrected chi connectivity index (χ1v) is 11.4. The van der Waals surface area contributed by atoms with Crippen molar-refractivity contribution in [2.45, 2.75) is 6.92 Å². The number of pyridine rings is 1. The fraction of sp³-hybridized carbons (Fsp3) is 0.150. The van der Waals surface area contributed by atoms with E-state index in [9.17, 15) is 14.4 Å². The number of carbonyl (C=O) groups is 3. The highest BCUT2D eigenvalue weighted by Gasteiger charge is 2.25. The molecule has 14 heteroatoms. The van der Waals surface area contributed by atoms with Crippen molar-refractivity contribution in [3.05, 3.63) is 67.5 Å². The van der Waals surface area contributed by atoms with Crippen molar-refractivity contribution >= 4 is 74.3 Å². The van der Waals surface area contributed by atoms with E-state index in [2.05, 4.69) is 36.8 Å². The van der Waals surface area contributed by atoms with Crippen LogP contribution in [0, 0.1) is 0 Å². The quantitative estimate of drug-likeness (QED) is 0.405. The lowest BCUT2D eigenvalue weighted by atomic mass is 10.1. The number of nitrogens with zero attached hydrogens (tertiary/aromatic N) is 4. The third-order valence-corrected chi connectivity index (χ3v) is 5.41. The van der Waals surface area contributed by atoms with Crippen molar-refractivity contribution < 1.29 is 19.1 Å². The molecule has 0 unspecified atom stereocenters. The number of halogens is 4. The van der Waals surface area contributed by atoms with Crippen molar-refractivity contribution in [3.8, 4) is 5.82 Å². The van der Waals surface area contributed by atoms with Crippen LogP contribution < -0.4 is 10.7 Å². The molecule has 2 aromatic heterocycles. The molecular formula is C20H16BrCl3N6O4. The Bertz CT molecular complexity index is 1270. The van der Waals surface area contributed by atoms with Crippen LogP contribution in [0.4, 0.5) is 10.5 Å². The van der Waals surface area contributed by atoms with Gasteiger partial charge in [-0.05, 0) is 47.1 Å². The van der Waals surface area contributed by atoms with E-state index in [1.807, 2.05) is 0 Å². The normalized spacial score (nSPS) is 10.5. The zero-order chi connectivity index (χ0) is 25.0. The maximum Gasteiger partial charge on any atom is 0.426 e. The number of hydrogen-bond acceptors (Lipinski definition) is 6. The number of ether oxygens (including phenoxy) is 1. The summed E-state index contributed by atoms with van der Waals surface area (Å²) in [5.41, 5.74) is 2.19. The van der Waals surface area contributed by atoms with Crippen LogP contribution in [-0.4, -0.2) is 51.3 Å². The van der Waals surface area contributed by atoms with Crippen LogP contribution in [0.2, 0.25) is 15.1 Å². The highest BCUT2D eigenvalue weighted by molar-refractivity contribution is 9.10. The minimum Gasteiger partial charge on any atom is -0.449 e. The molecule has 3 rings (SSSR count). The SMILES string of the molecule is CCOC(=O)NN(C)C(=O)c1cc(Cl)cc(Cl)c1NC(=O)c1cc(Br)nn1-c1ncccc1Cl. The first-order chi connectivity index (χ1) is 16.1. The summed E-state index contributed by atoms with van der Waals surface area (Å²) in [6.45, 7) is 1.73. The first-order valence-electron chi connectivity index (χ1n) is 9.50. The molecule has 3 amide bonds. The third kappa shape index (κ3) is 5.79. The van der Waals surface area contributed by atoms with Gasteiger partial charge in [0.1, 0.15) is 10.3 Å². The monoisotopic (exact) mass is 588 g/mol. The van der Waals surface area contributed by atoms with Gasteiger partial charge in [0.15, 0.2) is 5.82 Å². The maximum absolute atomic E-state index is 13.2. The highest BCUT2D eigenvalue weighted by Crippen LogP contribution is 2.32. The number of nitrogens with one attached hydrogen (secondary N) is 2. The van der Waals surface area contributed by atoms with Crippen LogP contribution in [0.25, 0.3) is 5.82 Å². The summed E-state index contributed by atoms with van der Waals surface area (Å²) in [6, 6.07) is 7.34. The lowest BCUT2D eigenvalue weighted by Crippen LogP contribution is -2.43. The van der Waals surface area contributed by atoms with Gasteiger partial charge in [-0.3, -0.25) is 14.6 Å². The number of hydrogen-bond donors (Lipinski definition) is 2. The lowest BCUT2D eigenvalue weighted by molar-refractivity contribution is 0.0674. The van der Waals surface area contributed by atoms with Crippen LogP contribution in [0.3, 0.4) is 0 Å². The maximum atomic E-state index is 13.2. The van der Waals surface area contributed by atoms with Crippen LogP contribution in [0.1, 0.15) is 27.8 Å². The molecule has 3 aromatic rings. The smallest absolute Gasteiger partial charge is 0.426 e. The molecule has 0 saturated heterocycles. The van der Waals surface area contributed by atoms with E-state index < -0.39 is 17.9 Å². The summed E-state index contributed by atoms with van der Waals surface area (Å²) in [5.74, 6) is -1.16. The zero-order valence-corrected chi connectivity index (χ0v) is 21.5. The summed E-state index contributed by atoms with van der Waals surface area (Å²) in [6.07, 6.45) is 0.663. The molecule has 1 aromatic carbocycles. The summed E-state index contributed by atoms with van der Waals surface area (Å²) < 4.78 is 6.35. The minimum atomic E-state index is -0.835. The van der Waals surface area contributed by atoms with Gasteiger partial charge in [0, 0.05) is 24.3 Å². The van der Waals surface area contributed by atoms with Crippen LogP contribution in [-0.2, 0) is 4.74 Å². The lowest BCUT2D eigenvalue weighted by Gasteiger charge is -2.20. The van der Waals surface area contributed by atoms with Gasteiger partial charge in [0.2, 0.25) is 0 Å². The van der Waals surface area contributed by atoms with Gasteiger partial charge >= 0.3 is 6.09 Å². The standard InChI is InChI=1S/C20H16BrCl3N6O4/c1-3-34-20(33)28-29(2)19(32)11-7-10(22)8-13(24)16(11)26-18(31)14-9-15(21)27-30(14)17-12(23)5-4-6-25-17/h4-9H,3H2,1-2H3,(H,26,31)(H,28,33). The topological polar surface area (TPSA) is 118 Å². The number of aromatic nitrogens is 3. The van der Waals surface area contributed by atoms with Gasteiger partial charge in [0.25, 0.3) is 11.8 Å².